The van der Waals surface area contributed by atoms with Gasteiger partial charge in [0.2, 0.25) is 0 Å². The fraction of sp³-hybridized carbons (Fsp3) is 0.200. The third-order valence-electron chi connectivity index (χ3n) is 1.39. The summed E-state index contributed by atoms with van der Waals surface area (Å²) in [6, 6.07) is 3.69. The number of rotatable bonds is 3. The lowest BCUT2D eigenvalue weighted by Crippen LogP contribution is -1.95. The number of allylic oxidation sites excluding steroid dienone is 1. The molecule has 62 valence electrons. The average Bonchev–Trinajstić information content (AvgIpc) is 2.57. The van der Waals surface area contributed by atoms with Crippen LogP contribution in [0.2, 0.25) is 0 Å². The highest BCUT2D eigenvalue weighted by molar-refractivity contribution is 5.10. The second-order valence-corrected chi connectivity index (χ2v) is 2.32. The van der Waals surface area contributed by atoms with E-state index in [4.69, 9.17) is 15.9 Å². The van der Waals surface area contributed by atoms with E-state index in [2.05, 4.69) is 5.92 Å². The normalized spacial score (nSPS) is 13.0. The van der Waals surface area contributed by atoms with E-state index in [0.717, 1.165) is 5.76 Å². The van der Waals surface area contributed by atoms with E-state index in [1.807, 2.05) is 12.1 Å². The van der Waals surface area contributed by atoms with E-state index in [1.54, 1.807) is 18.4 Å². The molecule has 0 saturated heterocycles. The van der Waals surface area contributed by atoms with E-state index >= 15 is 0 Å². The van der Waals surface area contributed by atoms with E-state index in [1.165, 1.54) is 0 Å². The molecule has 1 N–H and O–H groups in total. The van der Waals surface area contributed by atoms with Crippen molar-refractivity contribution in [2.24, 2.45) is 0 Å². The van der Waals surface area contributed by atoms with Gasteiger partial charge in [-0.2, -0.15) is 0 Å². The van der Waals surface area contributed by atoms with Crippen molar-refractivity contribution < 1.29 is 9.52 Å². The molecule has 1 heterocycles. The summed E-state index contributed by atoms with van der Waals surface area (Å²) in [5.74, 6) is 3.04. The molecule has 0 amide bonds. The molecule has 12 heavy (non-hydrogen) atoms. The first-order chi connectivity index (χ1) is 5.83. The maximum Gasteiger partial charge on any atom is 0.133 e. The molecule has 1 unspecified atom stereocenters. The van der Waals surface area contributed by atoms with Gasteiger partial charge in [-0.3, -0.25) is 0 Å². The van der Waals surface area contributed by atoms with Crippen LogP contribution in [0.25, 0.3) is 0 Å². The minimum Gasteiger partial charge on any atom is -0.469 e. The third-order valence-corrected chi connectivity index (χ3v) is 1.39. The van der Waals surface area contributed by atoms with E-state index in [9.17, 15) is 0 Å². The van der Waals surface area contributed by atoms with Gasteiger partial charge in [-0.1, -0.05) is 12.0 Å². The molecule has 0 aliphatic carbocycles. The second-order valence-electron chi connectivity index (χ2n) is 2.32. The van der Waals surface area contributed by atoms with Gasteiger partial charge >= 0.3 is 0 Å². The number of hydrogen-bond donors (Lipinski definition) is 1. The van der Waals surface area contributed by atoms with Gasteiger partial charge in [0, 0.05) is 6.42 Å². The first-order valence-electron chi connectivity index (χ1n) is 3.66. The zero-order chi connectivity index (χ0) is 8.81. The van der Waals surface area contributed by atoms with Crippen molar-refractivity contribution >= 4 is 0 Å². The van der Waals surface area contributed by atoms with Gasteiger partial charge in [0.25, 0.3) is 0 Å². The summed E-state index contributed by atoms with van der Waals surface area (Å²) >= 11 is 0. The summed E-state index contributed by atoms with van der Waals surface area (Å²) in [6.45, 7) is 0. The molecule has 1 aromatic rings. The van der Waals surface area contributed by atoms with Crippen LogP contribution in [0.3, 0.4) is 0 Å². The summed E-state index contributed by atoms with van der Waals surface area (Å²) in [6.07, 6.45) is 9.77. The lowest BCUT2D eigenvalue weighted by Gasteiger charge is -1.91. The van der Waals surface area contributed by atoms with Crippen molar-refractivity contribution in [2.75, 3.05) is 0 Å². The Balaban J connectivity index is 2.37. The number of furan rings is 1. The fourth-order valence-electron chi connectivity index (χ4n) is 0.797. The van der Waals surface area contributed by atoms with Crippen LogP contribution in [-0.2, 0) is 6.42 Å². The van der Waals surface area contributed by atoms with Crippen LogP contribution in [0.4, 0.5) is 0 Å². The van der Waals surface area contributed by atoms with Crippen LogP contribution in [0, 0.1) is 12.3 Å². The van der Waals surface area contributed by atoms with E-state index < -0.39 is 6.10 Å². The molecule has 0 bridgehead atoms. The Morgan fingerprint density at radius 3 is 3.17 bits per heavy atom. The Morgan fingerprint density at radius 1 is 1.75 bits per heavy atom. The quantitative estimate of drug-likeness (QED) is 0.538. The number of aliphatic hydroxyl groups excluding tert-OH is 1. The van der Waals surface area contributed by atoms with Crippen molar-refractivity contribution in [3.63, 3.8) is 0 Å². The van der Waals surface area contributed by atoms with Gasteiger partial charge in [-0.25, -0.2) is 0 Å². The Kier molecular flexibility index (Phi) is 3.18. The first kappa shape index (κ1) is 8.63. The molecule has 1 rings (SSSR count). The zero-order valence-corrected chi connectivity index (χ0v) is 6.60. The highest BCUT2D eigenvalue weighted by Crippen LogP contribution is 2.01. The van der Waals surface area contributed by atoms with Crippen molar-refractivity contribution in [3.05, 3.63) is 36.3 Å². The minimum atomic E-state index is -0.792. The van der Waals surface area contributed by atoms with Gasteiger partial charge in [-0.15, -0.1) is 6.42 Å². The SMILES string of the molecule is C#CC(O)C=CCc1ccco1. The smallest absolute Gasteiger partial charge is 0.133 e. The summed E-state index contributed by atoms with van der Waals surface area (Å²) in [4.78, 5) is 0. The Hall–Kier alpha value is -1.46. The standard InChI is InChI=1S/C10H10O2/c1-2-9(11)5-3-6-10-7-4-8-12-10/h1,3-5,7-9,11H,6H2. The highest BCUT2D eigenvalue weighted by atomic mass is 16.3. The van der Waals surface area contributed by atoms with Crippen LogP contribution in [-0.4, -0.2) is 11.2 Å². The summed E-state index contributed by atoms with van der Waals surface area (Å²) < 4.78 is 5.06. The van der Waals surface area contributed by atoms with Crippen LogP contribution in [0.1, 0.15) is 5.76 Å². The molecule has 0 aliphatic heterocycles. The zero-order valence-electron chi connectivity index (χ0n) is 6.60. The predicted molar refractivity (Wildman–Crippen MR) is 46.4 cm³/mol. The molecule has 0 aliphatic rings. The van der Waals surface area contributed by atoms with Crippen molar-refractivity contribution in [1.82, 2.24) is 0 Å². The maximum atomic E-state index is 8.93. The summed E-state index contributed by atoms with van der Waals surface area (Å²) in [7, 11) is 0. The van der Waals surface area contributed by atoms with Gasteiger partial charge in [0.05, 0.1) is 6.26 Å². The van der Waals surface area contributed by atoms with Crippen LogP contribution < -0.4 is 0 Å². The molecular weight excluding hydrogens is 152 g/mol. The fourth-order valence-corrected chi connectivity index (χ4v) is 0.797. The van der Waals surface area contributed by atoms with Crippen molar-refractivity contribution in [1.29, 1.82) is 0 Å². The van der Waals surface area contributed by atoms with Gasteiger partial charge < -0.3 is 9.52 Å². The van der Waals surface area contributed by atoms with Gasteiger partial charge in [0.1, 0.15) is 11.9 Å². The third kappa shape index (κ3) is 2.65. The molecule has 2 heteroatoms. The second kappa shape index (κ2) is 4.42. The molecule has 2 nitrogen and oxygen atoms in total. The minimum absolute atomic E-state index is 0.658. The molecule has 0 aromatic carbocycles. The predicted octanol–water partition coefficient (Wildman–Crippen LogP) is 1.37. The molecule has 0 saturated carbocycles. The lowest BCUT2D eigenvalue weighted by atomic mass is 10.2. The number of terminal acetylenes is 1. The molecule has 1 aromatic heterocycles. The monoisotopic (exact) mass is 162 g/mol. The summed E-state index contributed by atoms with van der Waals surface area (Å²) in [5, 5.41) is 8.93. The number of aliphatic hydroxyl groups is 1. The molecule has 0 spiro atoms. The van der Waals surface area contributed by atoms with Crippen molar-refractivity contribution in [2.45, 2.75) is 12.5 Å². The Bertz CT molecular complexity index is 277. The maximum absolute atomic E-state index is 8.93. The average molecular weight is 162 g/mol. The first-order valence-corrected chi connectivity index (χ1v) is 3.66. The topological polar surface area (TPSA) is 33.4 Å². The molecule has 0 radical (unpaired) electrons. The molecular formula is C10H10O2. The van der Waals surface area contributed by atoms with Crippen LogP contribution in [0.15, 0.2) is 35.0 Å². The van der Waals surface area contributed by atoms with E-state index in [-0.39, 0.29) is 0 Å². The highest BCUT2D eigenvalue weighted by Gasteiger charge is 1.92. The lowest BCUT2D eigenvalue weighted by molar-refractivity contribution is 0.280. The largest absolute Gasteiger partial charge is 0.469 e. The Labute approximate surface area is 71.5 Å². The summed E-state index contributed by atoms with van der Waals surface area (Å²) in [5.41, 5.74) is 0. The molecule has 1 atom stereocenters. The van der Waals surface area contributed by atoms with E-state index in [0.29, 0.717) is 6.42 Å². The van der Waals surface area contributed by atoms with Crippen LogP contribution in [0.5, 0.6) is 0 Å². The Morgan fingerprint density at radius 2 is 2.58 bits per heavy atom. The van der Waals surface area contributed by atoms with Gasteiger partial charge in [0.15, 0.2) is 0 Å². The van der Waals surface area contributed by atoms with Crippen molar-refractivity contribution in [3.8, 4) is 12.3 Å². The molecule has 0 fully saturated rings. The number of hydrogen-bond acceptors (Lipinski definition) is 2. The van der Waals surface area contributed by atoms with Gasteiger partial charge in [-0.05, 0) is 18.2 Å². The van der Waals surface area contributed by atoms with Crippen LogP contribution >= 0.6 is 0 Å².